The fourth-order valence-electron chi connectivity index (χ4n) is 0.735. The van der Waals surface area contributed by atoms with E-state index in [0.29, 0.717) is 0 Å². The number of carbonyl (C=O) groups is 1. The van der Waals surface area contributed by atoms with Crippen LogP contribution in [0, 0.1) is 0 Å². The van der Waals surface area contributed by atoms with Gasteiger partial charge in [-0.2, -0.15) is 8.78 Å². The zero-order valence-corrected chi connectivity index (χ0v) is 9.24. The molecule has 0 aliphatic heterocycles. The summed E-state index contributed by atoms with van der Waals surface area (Å²) in [4.78, 5) is 13.6. The molecule has 1 aromatic heterocycles. The number of hydrogen-bond donors (Lipinski definition) is 0. The summed E-state index contributed by atoms with van der Waals surface area (Å²) in [7, 11) is 0. The topological polar surface area (TPSA) is 62.2 Å². The van der Waals surface area contributed by atoms with Crippen molar-refractivity contribution in [1.82, 2.24) is 4.98 Å². The van der Waals surface area contributed by atoms with E-state index in [1.165, 1.54) is 6.07 Å². The normalized spacial score (nSPS) is 9.36. The van der Waals surface area contributed by atoms with Crippen molar-refractivity contribution in [2.75, 3.05) is 0 Å². The zero-order valence-electron chi connectivity index (χ0n) is 7.24. The van der Waals surface area contributed by atoms with Gasteiger partial charge in [0.1, 0.15) is 5.69 Å². The van der Waals surface area contributed by atoms with Crippen molar-refractivity contribution in [3.8, 4) is 5.75 Å². The third-order valence-corrected chi connectivity index (χ3v) is 1.18. The van der Waals surface area contributed by atoms with Crippen LogP contribution in [0.1, 0.15) is 10.5 Å². The van der Waals surface area contributed by atoms with Crippen LogP contribution in [0.5, 0.6) is 5.75 Å². The first kappa shape index (κ1) is 13.3. The van der Waals surface area contributed by atoms with Gasteiger partial charge in [-0.1, -0.05) is 0 Å². The molecule has 0 aromatic carbocycles. The number of carbonyl (C=O) groups excluding carboxylic acids is 1. The molecule has 1 aromatic rings. The van der Waals surface area contributed by atoms with Crippen molar-refractivity contribution in [2.24, 2.45) is 0 Å². The number of carboxylic acids is 1. The van der Waals surface area contributed by atoms with E-state index in [2.05, 4.69) is 9.72 Å². The Kier molecular flexibility index (Phi) is 5.59. The molecule has 0 fully saturated rings. The molecule has 0 aliphatic rings. The summed E-state index contributed by atoms with van der Waals surface area (Å²) in [5.41, 5.74) is -0.636. The van der Waals surface area contributed by atoms with Crippen LogP contribution in [0.15, 0.2) is 18.3 Å². The summed E-state index contributed by atoms with van der Waals surface area (Å²) >= 11 is 0. The number of alkyl halides is 2. The smallest absolute Gasteiger partial charge is 0.543 e. The fourth-order valence-corrected chi connectivity index (χ4v) is 0.735. The molecular weight excluding hydrogens is 207 g/mol. The van der Waals surface area contributed by atoms with Gasteiger partial charge < -0.3 is 14.6 Å². The number of halogens is 2. The zero-order chi connectivity index (χ0) is 9.84. The van der Waals surface area contributed by atoms with Gasteiger partial charge in [0, 0.05) is 6.20 Å². The molecule has 0 saturated heterocycles. The van der Waals surface area contributed by atoms with Gasteiger partial charge in [-0.3, -0.25) is 4.98 Å². The standard InChI is InChI=1S/C7H5F2NO3.Na/c8-7(9)13-4-2-1-3-10-5(4)6(11)12;/h1-3,7H,(H,11,12);/q;+1/p-1. The van der Waals surface area contributed by atoms with Gasteiger partial charge in [-0.25, -0.2) is 0 Å². The minimum atomic E-state index is -3.08. The molecule has 0 spiro atoms. The predicted octanol–water partition coefficient (Wildman–Crippen LogP) is -2.95. The van der Waals surface area contributed by atoms with Gasteiger partial charge in [-0.05, 0) is 12.1 Å². The molecule has 0 radical (unpaired) electrons. The van der Waals surface area contributed by atoms with Gasteiger partial charge >= 0.3 is 36.2 Å². The molecule has 4 nitrogen and oxygen atoms in total. The van der Waals surface area contributed by atoms with E-state index in [1.54, 1.807) is 0 Å². The number of carboxylic acid groups (broad SMARTS) is 1. The molecule has 0 bridgehead atoms. The quantitative estimate of drug-likeness (QED) is 0.501. The first-order valence-electron chi connectivity index (χ1n) is 3.22. The van der Waals surface area contributed by atoms with E-state index < -0.39 is 24.0 Å². The average molecular weight is 211 g/mol. The van der Waals surface area contributed by atoms with Crippen LogP contribution >= 0.6 is 0 Å². The summed E-state index contributed by atoms with van der Waals surface area (Å²) in [6, 6.07) is 2.36. The molecule has 0 atom stereocenters. The molecule has 7 heteroatoms. The van der Waals surface area contributed by atoms with Gasteiger partial charge in [0.2, 0.25) is 0 Å². The number of nitrogens with zero attached hydrogens (tertiary/aromatic N) is 1. The summed E-state index contributed by atoms with van der Waals surface area (Å²) in [6.07, 6.45) is 1.14. The Morgan fingerprint density at radius 3 is 2.71 bits per heavy atom. The molecule has 0 amide bonds. The molecule has 70 valence electrons. The Labute approximate surface area is 100 Å². The Morgan fingerprint density at radius 2 is 2.21 bits per heavy atom. The van der Waals surface area contributed by atoms with Crippen molar-refractivity contribution in [2.45, 2.75) is 6.61 Å². The van der Waals surface area contributed by atoms with E-state index in [0.717, 1.165) is 12.3 Å². The van der Waals surface area contributed by atoms with Crippen LogP contribution in [-0.2, 0) is 0 Å². The SMILES string of the molecule is O=C([O-])c1ncccc1OC(F)F.[Na+]. The third-order valence-electron chi connectivity index (χ3n) is 1.18. The maximum absolute atomic E-state index is 11.7. The van der Waals surface area contributed by atoms with Crippen LogP contribution < -0.4 is 39.4 Å². The number of rotatable bonds is 3. The minimum absolute atomic E-state index is 0. The van der Waals surface area contributed by atoms with Crippen molar-refractivity contribution in [3.63, 3.8) is 0 Å². The van der Waals surface area contributed by atoms with E-state index in [-0.39, 0.29) is 29.6 Å². The summed E-state index contributed by atoms with van der Waals surface area (Å²) in [6.45, 7) is -3.08. The average Bonchev–Trinajstić information content (AvgIpc) is 2.03. The van der Waals surface area contributed by atoms with Crippen LogP contribution in [0.3, 0.4) is 0 Å². The fraction of sp³-hybridized carbons (Fsp3) is 0.143. The van der Waals surface area contributed by atoms with Crippen molar-refractivity contribution >= 4 is 5.97 Å². The number of aromatic nitrogens is 1. The van der Waals surface area contributed by atoms with Gasteiger partial charge in [0.25, 0.3) is 0 Å². The minimum Gasteiger partial charge on any atom is -0.543 e. The Hall–Kier alpha value is -0.720. The number of aromatic carboxylic acids is 1. The van der Waals surface area contributed by atoms with Crippen molar-refractivity contribution < 1.29 is 53.0 Å². The third kappa shape index (κ3) is 3.57. The molecule has 14 heavy (non-hydrogen) atoms. The molecule has 0 aliphatic carbocycles. The van der Waals surface area contributed by atoms with Gasteiger partial charge in [0.15, 0.2) is 5.75 Å². The summed E-state index contributed by atoms with van der Waals surface area (Å²) in [5.74, 6) is -2.16. The molecule has 1 rings (SSSR count). The Balaban J connectivity index is 0.00000169. The van der Waals surface area contributed by atoms with Crippen LogP contribution in [0.4, 0.5) is 8.78 Å². The van der Waals surface area contributed by atoms with E-state index >= 15 is 0 Å². The number of pyridine rings is 1. The maximum Gasteiger partial charge on any atom is 1.00 e. The maximum atomic E-state index is 11.7. The van der Waals surface area contributed by atoms with Crippen LogP contribution in [-0.4, -0.2) is 17.6 Å². The Bertz CT molecular complexity index is 322. The van der Waals surface area contributed by atoms with E-state index in [4.69, 9.17) is 0 Å². The molecule has 1 heterocycles. The van der Waals surface area contributed by atoms with Crippen LogP contribution in [0.2, 0.25) is 0 Å². The van der Waals surface area contributed by atoms with E-state index in [1.807, 2.05) is 0 Å². The largest absolute Gasteiger partial charge is 1.00 e. The first-order chi connectivity index (χ1) is 6.11. The van der Waals surface area contributed by atoms with Crippen molar-refractivity contribution in [1.29, 1.82) is 0 Å². The van der Waals surface area contributed by atoms with Gasteiger partial charge in [-0.15, -0.1) is 0 Å². The van der Waals surface area contributed by atoms with E-state index in [9.17, 15) is 18.7 Å². The van der Waals surface area contributed by atoms with Crippen molar-refractivity contribution in [3.05, 3.63) is 24.0 Å². The summed E-state index contributed by atoms with van der Waals surface area (Å²) in [5, 5.41) is 10.3. The number of ether oxygens (including phenoxy) is 1. The second kappa shape index (κ2) is 5.90. The van der Waals surface area contributed by atoms with Gasteiger partial charge in [0.05, 0.1) is 5.97 Å². The number of hydrogen-bond acceptors (Lipinski definition) is 4. The second-order valence-electron chi connectivity index (χ2n) is 2.02. The predicted molar refractivity (Wildman–Crippen MR) is 35.2 cm³/mol. The molecule has 0 N–H and O–H groups in total. The Morgan fingerprint density at radius 1 is 1.57 bits per heavy atom. The van der Waals surface area contributed by atoms with Crippen LogP contribution in [0.25, 0.3) is 0 Å². The first-order valence-corrected chi connectivity index (χ1v) is 3.22. The second-order valence-corrected chi connectivity index (χ2v) is 2.02. The monoisotopic (exact) mass is 211 g/mol. The summed E-state index contributed by atoms with van der Waals surface area (Å²) < 4.78 is 27.3. The molecule has 0 saturated carbocycles. The molecular formula is C7H4F2NNaO3. The molecule has 0 unspecified atom stereocenters.